The molecule has 0 bridgehead atoms. The summed E-state index contributed by atoms with van der Waals surface area (Å²) in [6.07, 6.45) is 10.1. The lowest BCUT2D eigenvalue weighted by atomic mass is 9.44. The molecule has 0 saturated heterocycles. The smallest absolute Gasteiger partial charge is 0.302 e. The fraction of sp³-hybridized carbons (Fsp3) is 0.826. The molecule has 0 aromatic carbocycles. The number of fused-ring (bicyclic) bond motifs is 5. The summed E-state index contributed by atoms with van der Waals surface area (Å²) in [4.78, 5) is 24.1. The quantitative estimate of drug-likeness (QED) is 0.521. The molecule has 0 aromatic rings. The van der Waals surface area contributed by atoms with Crippen molar-refractivity contribution in [1.82, 2.24) is 0 Å². The van der Waals surface area contributed by atoms with Crippen LogP contribution in [0.25, 0.3) is 0 Å². The zero-order valence-corrected chi connectivity index (χ0v) is 17.3. The first kappa shape index (κ1) is 19.0. The molecule has 0 aromatic heterocycles. The van der Waals surface area contributed by atoms with Gasteiger partial charge in [-0.05, 0) is 79.6 Å². The minimum atomic E-state index is -0.164. The number of Topliss-reactive ketones (excluding diaryl/α,β-unsaturated/α-hetero) is 1. The second-order valence-electron chi connectivity index (χ2n) is 10.00. The Balaban J connectivity index is 1.66. The van der Waals surface area contributed by atoms with Crippen molar-refractivity contribution in [2.24, 2.45) is 34.5 Å². The van der Waals surface area contributed by atoms with Gasteiger partial charge in [-0.15, -0.1) is 0 Å². The molecule has 0 aliphatic heterocycles. The fourth-order valence-electron chi connectivity index (χ4n) is 7.40. The first-order valence-corrected chi connectivity index (χ1v) is 10.7. The predicted molar refractivity (Wildman–Crippen MR) is 103 cm³/mol. The minimum absolute atomic E-state index is 0.0582. The van der Waals surface area contributed by atoms with Crippen molar-refractivity contribution in [2.45, 2.75) is 78.2 Å². The first-order valence-electron chi connectivity index (χ1n) is 10.7. The van der Waals surface area contributed by atoms with Crippen molar-refractivity contribution in [3.63, 3.8) is 0 Å². The molecule has 0 unspecified atom stereocenters. The van der Waals surface area contributed by atoms with Crippen LogP contribution in [0.15, 0.2) is 11.8 Å². The molecule has 4 nitrogen and oxygen atoms in total. The number of allylic oxidation sites excluding steroid dienone is 1. The molecule has 0 amide bonds. The third-order valence-electron chi connectivity index (χ3n) is 8.82. The molecule has 0 N–H and O–H groups in total. The van der Waals surface area contributed by atoms with Gasteiger partial charge in [0.25, 0.3) is 0 Å². The second-order valence-corrected chi connectivity index (χ2v) is 10.00. The van der Waals surface area contributed by atoms with Gasteiger partial charge in [-0.2, -0.15) is 0 Å². The van der Waals surface area contributed by atoms with Gasteiger partial charge in [0.2, 0.25) is 0 Å². The molecule has 4 aliphatic rings. The van der Waals surface area contributed by atoms with Gasteiger partial charge < -0.3 is 9.47 Å². The zero-order valence-electron chi connectivity index (χ0n) is 17.3. The molecule has 0 radical (unpaired) electrons. The summed E-state index contributed by atoms with van der Waals surface area (Å²) in [7, 11) is 1.74. The van der Waals surface area contributed by atoms with E-state index in [2.05, 4.69) is 13.8 Å². The average molecular weight is 375 g/mol. The fourth-order valence-corrected chi connectivity index (χ4v) is 7.40. The lowest BCUT2D eigenvalue weighted by Crippen LogP contribution is -2.55. The highest BCUT2D eigenvalue weighted by Crippen LogP contribution is 2.66. The lowest BCUT2D eigenvalue weighted by molar-refractivity contribution is -0.156. The summed E-state index contributed by atoms with van der Waals surface area (Å²) in [6.45, 7) is 6.21. The van der Waals surface area contributed by atoms with Gasteiger partial charge in [-0.3, -0.25) is 9.59 Å². The summed E-state index contributed by atoms with van der Waals surface area (Å²) in [5.41, 5.74) is 1.55. The van der Waals surface area contributed by atoms with Crippen molar-refractivity contribution in [3.05, 3.63) is 11.8 Å². The molecule has 4 heteroatoms. The van der Waals surface area contributed by atoms with E-state index >= 15 is 0 Å². The Hall–Kier alpha value is -1.32. The van der Waals surface area contributed by atoms with E-state index in [1.807, 2.05) is 6.26 Å². The van der Waals surface area contributed by atoms with Gasteiger partial charge in [0.15, 0.2) is 0 Å². The monoisotopic (exact) mass is 374 g/mol. The molecular weight excluding hydrogens is 340 g/mol. The Morgan fingerprint density at radius 2 is 1.93 bits per heavy atom. The minimum Gasteiger partial charge on any atom is -0.504 e. The summed E-state index contributed by atoms with van der Waals surface area (Å²) < 4.78 is 11.1. The molecule has 0 spiro atoms. The topological polar surface area (TPSA) is 52.6 Å². The van der Waals surface area contributed by atoms with Crippen molar-refractivity contribution in [1.29, 1.82) is 0 Å². The van der Waals surface area contributed by atoms with Crippen LogP contribution in [0.3, 0.4) is 0 Å². The molecule has 150 valence electrons. The van der Waals surface area contributed by atoms with Crippen LogP contribution in [-0.4, -0.2) is 25.0 Å². The number of methoxy groups -OCH3 is 1. The Kier molecular flexibility index (Phi) is 4.67. The summed E-state index contributed by atoms with van der Waals surface area (Å²) in [6, 6.07) is 0. The van der Waals surface area contributed by atoms with Gasteiger partial charge in [-0.25, -0.2) is 0 Å². The number of carbonyl (C=O) groups is 2. The number of ether oxygens (including phenoxy) is 2. The van der Waals surface area contributed by atoms with E-state index < -0.39 is 0 Å². The van der Waals surface area contributed by atoms with Gasteiger partial charge in [0.1, 0.15) is 11.9 Å². The molecule has 27 heavy (non-hydrogen) atoms. The normalized spacial score (nSPS) is 47.8. The number of carbonyl (C=O) groups excluding carboxylic acids is 2. The van der Waals surface area contributed by atoms with Gasteiger partial charge in [0.05, 0.1) is 13.4 Å². The van der Waals surface area contributed by atoms with E-state index in [0.717, 1.165) is 51.4 Å². The molecule has 4 fully saturated rings. The van der Waals surface area contributed by atoms with Crippen molar-refractivity contribution in [2.75, 3.05) is 7.11 Å². The van der Waals surface area contributed by atoms with Crippen LogP contribution >= 0.6 is 0 Å². The van der Waals surface area contributed by atoms with Crippen LogP contribution < -0.4 is 0 Å². The average Bonchev–Trinajstić information content (AvgIpc) is 2.91. The molecule has 7 atom stereocenters. The molecule has 0 heterocycles. The van der Waals surface area contributed by atoms with E-state index in [9.17, 15) is 9.59 Å². The third kappa shape index (κ3) is 2.86. The highest BCUT2D eigenvalue weighted by molar-refractivity contribution is 5.87. The van der Waals surface area contributed by atoms with Crippen molar-refractivity contribution >= 4 is 11.8 Å². The number of hydrogen-bond acceptors (Lipinski definition) is 4. The van der Waals surface area contributed by atoms with E-state index in [-0.39, 0.29) is 22.9 Å². The van der Waals surface area contributed by atoms with E-state index in [1.54, 1.807) is 7.11 Å². The highest BCUT2D eigenvalue weighted by Gasteiger charge is 2.61. The van der Waals surface area contributed by atoms with Crippen molar-refractivity contribution in [3.8, 4) is 0 Å². The number of ketones is 1. The van der Waals surface area contributed by atoms with Crippen LogP contribution in [0.4, 0.5) is 0 Å². The second kappa shape index (κ2) is 6.63. The third-order valence-corrected chi connectivity index (χ3v) is 8.82. The van der Waals surface area contributed by atoms with Gasteiger partial charge >= 0.3 is 5.97 Å². The maximum absolute atomic E-state index is 12.7. The largest absolute Gasteiger partial charge is 0.504 e. The zero-order chi connectivity index (χ0) is 19.4. The Morgan fingerprint density at radius 3 is 2.63 bits per heavy atom. The van der Waals surface area contributed by atoms with Crippen LogP contribution in [-0.2, 0) is 19.1 Å². The molecule has 4 rings (SSSR count). The van der Waals surface area contributed by atoms with Gasteiger partial charge in [0, 0.05) is 18.8 Å². The van der Waals surface area contributed by atoms with Crippen LogP contribution in [0.2, 0.25) is 0 Å². The standard InChI is InChI=1S/C23H34O4/c1-14(24)27-17-7-9-22(2)16(12-17)11-15(13-26-4)21-18-5-6-20(25)23(18,3)10-8-19(21)22/h13,16-19,21H,5-12H2,1-4H3/b15-13+/t16-,17-,18-,19-,21-,22-,23-/m0/s1. The van der Waals surface area contributed by atoms with Crippen LogP contribution in [0.1, 0.15) is 72.1 Å². The Morgan fingerprint density at radius 1 is 1.15 bits per heavy atom. The predicted octanol–water partition coefficient (Wildman–Crippen LogP) is 4.67. The first-order chi connectivity index (χ1) is 12.8. The van der Waals surface area contributed by atoms with E-state index in [4.69, 9.17) is 9.47 Å². The lowest BCUT2D eigenvalue weighted by Gasteiger charge is -2.60. The SMILES string of the molecule is CO/C=C1\C[C@H]2C[C@@H](OC(C)=O)CC[C@]2(C)[C@H]2CC[C@]3(C)C(=O)CC[C@H]3[C@H]12. The maximum atomic E-state index is 12.7. The summed E-state index contributed by atoms with van der Waals surface area (Å²) in [5.74, 6) is 2.40. The molecule has 4 aliphatic carbocycles. The van der Waals surface area contributed by atoms with E-state index in [0.29, 0.717) is 29.5 Å². The number of rotatable bonds is 2. The number of hydrogen-bond donors (Lipinski definition) is 0. The Bertz CT molecular complexity index is 667. The van der Waals surface area contributed by atoms with Crippen LogP contribution in [0.5, 0.6) is 0 Å². The number of esters is 1. The maximum Gasteiger partial charge on any atom is 0.302 e. The van der Waals surface area contributed by atoms with Crippen molar-refractivity contribution < 1.29 is 19.1 Å². The highest BCUT2D eigenvalue weighted by atomic mass is 16.5. The van der Waals surface area contributed by atoms with E-state index in [1.165, 1.54) is 12.5 Å². The Labute approximate surface area is 163 Å². The molecule has 4 saturated carbocycles. The summed E-state index contributed by atoms with van der Waals surface area (Å²) >= 11 is 0. The summed E-state index contributed by atoms with van der Waals surface area (Å²) in [5, 5.41) is 0. The van der Waals surface area contributed by atoms with Gasteiger partial charge in [-0.1, -0.05) is 13.8 Å². The molecular formula is C23H34O4. The van der Waals surface area contributed by atoms with Crippen LogP contribution in [0, 0.1) is 34.5 Å².